The molecule has 2 atom stereocenters. The molecule has 480 valence electrons. The second kappa shape index (κ2) is 33.5. The van der Waals surface area contributed by atoms with Crippen LogP contribution in [-0.2, 0) is 65.3 Å². The van der Waals surface area contributed by atoms with Crippen molar-refractivity contribution in [2.24, 2.45) is 5.10 Å². The van der Waals surface area contributed by atoms with Crippen LogP contribution in [0.2, 0.25) is 0 Å². The molecular formula is C57H67N13O17S3. The molecule has 3 aromatic heterocycles. The number of aliphatic carboxylic acids is 2. The van der Waals surface area contributed by atoms with E-state index in [1.807, 2.05) is 0 Å². The normalized spacial score (nSPS) is 12.5. The highest BCUT2D eigenvalue weighted by molar-refractivity contribution is 7.89. The molecule has 3 amide bonds. The Morgan fingerprint density at radius 2 is 1.31 bits per heavy atom. The lowest BCUT2D eigenvalue weighted by Crippen LogP contribution is -2.48. The number of carboxylic acid groups (broad SMARTS) is 2. The van der Waals surface area contributed by atoms with Gasteiger partial charge in [-0.1, -0.05) is 42.5 Å². The summed E-state index contributed by atoms with van der Waals surface area (Å²) in [5.41, 5.74) is 4.85. The van der Waals surface area contributed by atoms with E-state index in [-0.39, 0.29) is 96.2 Å². The van der Waals surface area contributed by atoms with E-state index in [0.29, 0.717) is 55.0 Å². The van der Waals surface area contributed by atoms with Crippen LogP contribution in [0, 0.1) is 0 Å². The number of ether oxygens (including phenoxy) is 3. The molecule has 0 fully saturated rings. The van der Waals surface area contributed by atoms with Crippen molar-refractivity contribution in [3.05, 3.63) is 145 Å². The fourth-order valence-corrected chi connectivity index (χ4v) is 11.4. The number of hydrogen-bond donors (Lipinski definition) is 11. The maximum absolute atomic E-state index is 13.3. The van der Waals surface area contributed by atoms with Gasteiger partial charge in [0, 0.05) is 87.5 Å². The number of amides is 3. The van der Waals surface area contributed by atoms with E-state index < -0.39 is 78.5 Å². The van der Waals surface area contributed by atoms with E-state index in [1.54, 1.807) is 59.7 Å². The van der Waals surface area contributed by atoms with Crippen molar-refractivity contribution < 1.29 is 78.2 Å². The Kier molecular flexibility index (Phi) is 25.5. The summed E-state index contributed by atoms with van der Waals surface area (Å²) < 4.78 is 108. The first-order valence-electron chi connectivity index (χ1n) is 27.9. The van der Waals surface area contributed by atoms with Crippen molar-refractivity contribution in [2.45, 2.75) is 65.4 Å². The number of hydrazone groups is 1. The Bertz CT molecular complexity index is 3910. The van der Waals surface area contributed by atoms with E-state index in [2.05, 4.69) is 61.3 Å². The molecule has 33 heteroatoms. The number of nitrogens with one attached hydrogen (secondary N) is 8. The number of carbonyl (C=O) groups is 5. The molecule has 90 heavy (non-hydrogen) atoms. The van der Waals surface area contributed by atoms with Gasteiger partial charge >= 0.3 is 11.9 Å². The molecule has 0 radical (unpaired) electrons. The number of pyridine rings is 1. The van der Waals surface area contributed by atoms with E-state index in [9.17, 15) is 64.0 Å². The van der Waals surface area contributed by atoms with Crippen LogP contribution in [0.1, 0.15) is 58.4 Å². The molecule has 0 bridgehead atoms. The van der Waals surface area contributed by atoms with Crippen LogP contribution in [0.25, 0.3) is 22.0 Å². The fourth-order valence-electron chi connectivity index (χ4n) is 8.44. The Labute approximate surface area is 517 Å². The topological polar surface area (TPSA) is 432 Å². The molecule has 0 spiro atoms. The van der Waals surface area contributed by atoms with Crippen LogP contribution in [0.4, 0.5) is 11.8 Å². The third kappa shape index (κ3) is 21.3. The first kappa shape index (κ1) is 68.4. The van der Waals surface area contributed by atoms with E-state index in [1.165, 1.54) is 72.9 Å². The van der Waals surface area contributed by atoms with Crippen LogP contribution in [0.3, 0.4) is 0 Å². The van der Waals surface area contributed by atoms with Gasteiger partial charge in [-0.3, -0.25) is 33.8 Å². The number of nitrogens with zero attached hydrogens (tertiary/aromatic N) is 5. The number of sulfonamides is 2. The molecule has 11 N–H and O–H groups in total. The summed E-state index contributed by atoms with van der Waals surface area (Å²) in [4.78, 5) is 72.8. The zero-order valence-corrected chi connectivity index (χ0v) is 50.6. The molecule has 3 heterocycles. The number of rotatable bonds is 39. The maximum Gasteiger partial charge on any atom is 0.326 e. The summed E-state index contributed by atoms with van der Waals surface area (Å²) >= 11 is 0. The summed E-state index contributed by atoms with van der Waals surface area (Å²) in [6.45, 7) is 2.66. The summed E-state index contributed by atoms with van der Waals surface area (Å²) in [5.74, 6) is -3.79. The predicted molar refractivity (Wildman–Crippen MR) is 327 cm³/mol. The molecule has 0 saturated heterocycles. The molecule has 4 aromatic carbocycles. The van der Waals surface area contributed by atoms with Gasteiger partial charge in [-0.05, 0) is 97.5 Å². The monoisotopic (exact) mass is 1300 g/mol. The number of anilines is 2. The number of imidazole rings is 1. The third-order valence-electron chi connectivity index (χ3n) is 13.1. The molecule has 2 unspecified atom stereocenters. The standard InChI is InChI=1S/C57H67N13O17S3/c71-52(21-18-47(55(74)75)67-54(73)43-13-20-51(62-35-43)68-64-36-42-6-1-2-7-50(42)90(82,83)84)58-23-4-28-85-30-32-87-33-31-86-29-5-24-66-88(78,79)45-14-8-39(9-15-45)40-10-16-46(17-11-40)89(80,81)69-48(56(76)77)38-63-53(72)41-12-19-49-44(34-41)37-65-70(49)27-3-22-59-57-60-25-26-61-57/h1-2,6-17,19-20,25-26,34-37,47-48,66,69H,3-5,18,21-24,27-33,38H2,(H,58,71)(H,62,68)(H,63,72)(H,67,73)(H,74,75)(H,76,77)(H2,59,60,61)(H,82,83,84)/b64-36+. The largest absolute Gasteiger partial charge is 0.480 e. The van der Waals surface area contributed by atoms with Gasteiger partial charge in [0.05, 0.1) is 59.7 Å². The van der Waals surface area contributed by atoms with E-state index in [4.69, 9.17) is 14.2 Å². The highest BCUT2D eigenvalue weighted by Gasteiger charge is 2.27. The van der Waals surface area contributed by atoms with Gasteiger partial charge in [0.15, 0.2) is 5.95 Å². The molecule has 0 aliphatic carbocycles. The van der Waals surface area contributed by atoms with Gasteiger partial charge in [0.2, 0.25) is 26.0 Å². The second-order valence-electron chi connectivity index (χ2n) is 19.6. The van der Waals surface area contributed by atoms with E-state index >= 15 is 0 Å². The number of fused-ring (bicyclic) bond motifs is 1. The minimum atomic E-state index is -4.48. The highest BCUT2D eigenvalue weighted by atomic mass is 32.2. The molecule has 7 rings (SSSR count). The number of aromatic amines is 1. The van der Waals surface area contributed by atoms with E-state index in [0.717, 1.165) is 18.2 Å². The minimum absolute atomic E-state index is 0.000783. The van der Waals surface area contributed by atoms with Crippen molar-refractivity contribution in [3.63, 3.8) is 0 Å². The van der Waals surface area contributed by atoms with Gasteiger partial charge < -0.3 is 50.7 Å². The number of carboxylic acids is 2. The average Bonchev–Trinajstić information content (AvgIpc) is 1.66. The maximum atomic E-state index is 13.3. The predicted octanol–water partition coefficient (Wildman–Crippen LogP) is 3.07. The fraction of sp³-hybridized carbons (Fsp3) is 0.316. The molecule has 7 aromatic rings. The van der Waals surface area contributed by atoms with Crippen LogP contribution < -0.4 is 36.1 Å². The molecule has 0 aliphatic heterocycles. The minimum Gasteiger partial charge on any atom is -0.480 e. The highest BCUT2D eigenvalue weighted by Crippen LogP contribution is 2.24. The van der Waals surface area contributed by atoms with Gasteiger partial charge in [-0.25, -0.2) is 36.3 Å². The molecular weight excluding hydrogens is 1230 g/mol. The van der Waals surface area contributed by atoms with Gasteiger partial charge in [0.1, 0.15) is 22.8 Å². The zero-order chi connectivity index (χ0) is 64.5. The van der Waals surface area contributed by atoms with Crippen LogP contribution in [0.15, 0.2) is 148 Å². The lowest BCUT2D eigenvalue weighted by Gasteiger charge is -2.16. The average molecular weight is 1300 g/mol. The summed E-state index contributed by atoms with van der Waals surface area (Å²) in [6, 6.07) is 21.7. The lowest BCUT2D eigenvalue weighted by atomic mass is 10.1. The quantitative estimate of drug-likeness (QED) is 0.0114. The summed E-state index contributed by atoms with van der Waals surface area (Å²) in [6.07, 6.45) is 8.51. The Balaban J connectivity index is 0.699. The molecule has 0 saturated carbocycles. The lowest BCUT2D eigenvalue weighted by molar-refractivity contribution is -0.140. The first-order valence-corrected chi connectivity index (χ1v) is 32.3. The Hall–Kier alpha value is -9.06. The van der Waals surface area contributed by atoms with Crippen molar-refractivity contribution in [2.75, 3.05) is 76.6 Å². The molecule has 30 nitrogen and oxygen atoms in total. The SMILES string of the molecule is O=C(CCC(NC(=O)c1ccc(N/N=C/c2ccccc2S(=O)(=O)O)nc1)C(=O)O)NCCCOCCOCCOCCCNS(=O)(=O)c1ccc(-c2ccc(S(=O)(=O)NC(CNC(=O)c3ccc4c(cnn4CCCNc4ncc[nH]4)c3)C(=O)O)cc2)cc1. The van der Waals surface area contributed by atoms with Gasteiger partial charge in [-0.2, -0.15) is 23.3 Å². The van der Waals surface area contributed by atoms with Crippen molar-refractivity contribution in [1.82, 2.24) is 50.1 Å². The third-order valence-corrected chi connectivity index (χ3v) is 17.0. The van der Waals surface area contributed by atoms with Gasteiger partial charge in [0.25, 0.3) is 21.9 Å². The number of aryl methyl sites for hydroxylation is 1. The summed E-state index contributed by atoms with van der Waals surface area (Å²) in [5, 5.41) is 39.2. The van der Waals surface area contributed by atoms with Crippen LogP contribution >= 0.6 is 0 Å². The summed E-state index contributed by atoms with van der Waals surface area (Å²) in [7, 11) is -12.7. The van der Waals surface area contributed by atoms with Crippen molar-refractivity contribution >= 4 is 88.7 Å². The second-order valence-corrected chi connectivity index (χ2v) is 24.5. The number of hydrogen-bond acceptors (Lipinski definition) is 20. The number of H-pyrrole nitrogens is 1. The van der Waals surface area contributed by atoms with Crippen LogP contribution in [-0.4, -0.2) is 179 Å². The zero-order valence-electron chi connectivity index (χ0n) is 48.2. The van der Waals surface area contributed by atoms with Crippen molar-refractivity contribution in [3.8, 4) is 11.1 Å². The number of aromatic nitrogens is 5. The van der Waals surface area contributed by atoms with Crippen molar-refractivity contribution in [1.29, 1.82) is 0 Å². The number of benzene rings is 4. The van der Waals surface area contributed by atoms with Gasteiger partial charge in [-0.15, -0.1) is 0 Å². The first-order chi connectivity index (χ1) is 43.2. The number of carbonyl (C=O) groups excluding carboxylic acids is 3. The molecule has 0 aliphatic rings. The smallest absolute Gasteiger partial charge is 0.326 e. The Morgan fingerprint density at radius 3 is 1.94 bits per heavy atom. The Morgan fingerprint density at radius 1 is 0.667 bits per heavy atom. The van der Waals surface area contributed by atoms with Crippen LogP contribution in [0.5, 0.6) is 0 Å².